The van der Waals surface area contributed by atoms with Crippen LogP contribution in [-0.2, 0) is 0 Å². The number of carbonyl (C=O) groups is 1. The van der Waals surface area contributed by atoms with E-state index in [1.807, 2.05) is 41.3 Å². The number of hydrogen-bond acceptors (Lipinski definition) is 2. The molecular weight excluding hydrogens is 226 g/mol. The Morgan fingerprint density at radius 2 is 1.94 bits per heavy atom. The second kappa shape index (κ2) is 4.69. The molecule has 0 unspecified atom stereocenters. The zero-order valence-corrected chi connectivity index (χ0v) is 10.1. The summed E-state index contributed by atoms with van der Waals surface area (Å²) < 4.78 is 5.35. The highest BCUT2D eigenvalue weighted by atomic mass is 16.3. The Balaban J connectivity index is 1.89. The fraction of sp³-hybridized carbons (Fsp3) is 0.267. The van der Waals surface area contributed by atoms with Crippen LogP contribution in [0.25, 0.3) is 11.3 Å². The van der Waals surface area contributed by atoms with E-state index in [4.69, 9.17) is 4.42 Å². The number of hydrogen-bond donors (Lipinski definition) is 0. The molecule has 2 heterocycles. The monoisotopic (exact) mass is 241 g/mol. The van der Waals surface area contributed by atoms with E-state index in [0.29, 0.717) is 0 Å². The van der Waals surface area contributed by atoms with Crippen molar-refractivity contribution in [3.63, 3.8) is 0 Å². The van der Waals surface area contributed by atoms with Crippen molar-refractivity contribution in [3.8, 4) is 11.3 Å². The lowest BCUT2D eigenvalue weighted by atomic mass is 10.1. The van der Waals surface area contributed by atoms with Crippen LogP contribution in [0.4, 0.5) is 0 Å². The Kier molecular flexibility index (Phi) is 2.89. The van der Waals surface area contributed by atoms with Crippen molar-refractivity contribution in [3.05, 3.63) is 48.2 Å². The van der Waals surface area contributed by atoms with Crippen molar-refractivity contribution in [2.75, 3.05) is 13.1 Å². The summed E-state index contributed by atoms with van der Waals surface area (Å²) in [6, 6.07) is 11.4. The number of rotatable bonds is 2. The van der Waals surface area contributed by atoms with E-state index in [-0.39, 0.29) is 5.91 Å². The van der Waals surface area contributed by atoms with Crippen molar-refractivity contribution < 1.29 is 9.21 Å². The molecule has 0 spiro atoms. The molecule has 0 saturated carbocycles. The molecule has 0 bridgehead atoms. The molecule has 1 aromatic heterocycles. The van der Waals surface area contributed by atoms with Gasteiger partial charge < -0.3 is 9.32 Å². The molecule has 0 radical (unpaired) electrons. The van der Waals surface area contributed by atoms with Crippen LogP contribution < -0.4 is 0 Å². The first-order valence-electron chi connectivity index (χ1n) is 6.28. The van der Waals surface area contributed by atoms with Crippen molar-refractivity contribution >= 4 is 5.91 Å². The summed E-state index contributed by atoms with van der Waals surface area (Å²) in [7, 11) is 0. The quantitative estimate of drug-likeness (QED) is 0.809. The maximum Gasteiger partial charge on any atom is 0.253 e. The predicted molar refractivity (Wildman–Crippen MR) is 69.3 cm³/mol. The van der Waals surface area contributed by atoms with Crippen LogP contribution in [0.1, 0.15) is 23.2 Å². The van der Waals surface area contributed by atoms with Gasteiger partial charge >= 0.3 is 0 Å². The highest BCUT2D eigenvalue weighted by Gasteiger charge is 2.19. The molecule has 3 nitrogen and oxygen atoms in total. The Morgan fingerprint density at radius 3 is 2.67 bits per heavy atom. The zero-order valence-electron chi connectivity index (χ0n) is 10.1. The Morgan fingerprint density at radius 1 is 1.11 bits per heavy atom. The van der Waals surface area contributed by atoms with Gasteiger partial charge in [-0.3, -0.25) is 4.79 Å². The zero-order chi connectivity index (χ0) is 12.4. The first kappa shape index (κ1) is 11.1. The molecule has 0 atom stereocenters. The first-order valence-corrected chi connectivity index (χ1v) is 6.28. The predicted octanol–water partition coefficient (Wildman–Crippen LogP) is 3.18. The number of amides is 1. The van der Waals surface area contributed by atoms with Gasteiger partial charge in [-0.25, -0.2) is 0 Å². The lowest BCUT2D eigenvalue weighted by molar-refractivity contribution is 0.0793. The highest BCUT2D eigenvalue weighted by molar-refractivity contribution is 5.95. The molecule has 1 aromatic carbocycles. The number of carbonyl (C=O) groups excluding carboxylic acids is 1. The van der Waals surface area contributed by atoms with E-state index in [9.17, 15) is 4.79 Å². The standard InChI is InChI=1S/C15H15NO2/c17-15(16-8-1-2-9-16)13-6-3-5-12(11-13)14-7-4-10-18-14/h3-7,10-11H,1-2,8-9H2. The van der Waals surface area contributed by atoms with Gasteiger partial charge in [-0.15, -0.1) is 0 Å². The molecule has 0 N–H and O–H groups in total. The minimum absolute atomic E-state index is 0.126. The molecule has 0 aliphatic carbocycles. The van der Waals surface area contributed by atoms with Gasteiger partial charge in [0.05, 0.1) is 6.26 Å². The van der Waals surface area contributed by atoms with Gasteiger partial charge in [0.1, 0.15) is 5.76 Å². The fourth-order valence-electron chi connectivity index (χ4n) is 2.35. The van der Waals surface area contributed by atoms with Crippen LogP contribution in [0.5, 0.6) is 0 Å². The van der Waals surface area contributed by atoms with Gasteiger partial charge in [0.15, 0.2) is 0 Å². The highest BCUT2D eigenvalue weighted by Crippen LogP contribution is 2.22. The summed E-state index contributed by atoms with van der Waals surface area (Å²) in [5, 5.41) is 0. The van der Waals surface area contributed by atoms with Crippen LogP contribution in [-0.4, -0.2) is 23.9 Å². The second-order valence-corrected chi connectivity index (χ2v) is 4.56. The summed E-state index contributed by atoms with van der Waals surface area (Å²) in [4.78, 5) is 14.2. The summed E-state index contributed by atoms with van der Waals surface area (Å²) in [5.41, 5.74) is 1.69. The van der Waals surface area contributed by atoms with E-state index in [1.54, 1.807) is 6.26 Å². The van der Waals surface area contributed by atoms with E-state index < -0.39 is 0 Å². The number of furan rings is 1. The minimum Gasteiger partial charge on any atom is -0.464 e. The van der Waals surface area contributed by atoms with E-state index in [2.05, 4.69) is 0 Å². The van der Waals surface area contributed by atoms with Crippen molar-refractivity contribution in [2.24, 2.45) is 0 Å². The third-order valence-electron chi connectivity index (χ3n) is 3.31. The van der Waals surface area contributed by atoms with Crippen LogP contribution in [0.3, 0.4) is 0 Å². The third kappa shape index (κ3) is 2.04. The SMILES string of the molecule is O=C(c1cccc(-c2ccco2)c1)N1CCCC1. The third-order valence-corrected chi connectivity index (χ3v) is 3.31. The lowest BCUT2D eigenvalue weighted by Gasteiger charge is -2.15. The normalized spacial score (nSPS) is 15.0. The Labute approximate surface area is 106 Å². The molecule has 18 heavy (non-hydrogen) atoms. The van der Waals surface area contributed by atoms with Crippen molar-refractivity contribution in [1.29, 1.82) is 0 Å². The maximum atomic E-state index is 12.3. The van der Waals surface area contributed by atoms with Gasteiger partial charge in [0, 0.05) is 24.2 Å². The largest absolute Gasteiger partial charge is 0.464 e. The summed E-state index contributed by atoms with van der Waals surface area (Å²) in [5.74, 6) is 0.923. The summed E-state index contributed by atoms with van der Waals surface area (Å²) >= 11 is 0. The van der Waals surface area contributed by atoms with Gasteiger partial charge in [0.25, 0.3) is 5.91 Å². The molecule has 3 rings (SSSR count). The molecule has 1 aliphatic rings. The molecule has 3 heteroatoms. The van der Waals surface area contributed by atoms with Gasteiger partial charge in [-0.1, -0.05) is 12.1 Å². The summed E-state index contributed by atoms with van der Waals surface area (Å²) in [6.45, 7) is 1.76. The minimum atomic E-state index is 0.126. The van der Waals surface area contributed by atoms with Gasteiger partial charge in [0.2, 0.25) is 0 Å². The number of benzene rings is 1. The van der Waals surface area contributed by atoms with Crippen LogP contribution in [0, 0.1) is 0 Å². The molecule has 1 saturated heterocycles. The van der Waals surface area contributed by atoms with Crippen LogP contribution >= 0.6 is 0 Å². The number of likely N-dealkylation sites (tertiary alicyclic amines) is 1. The Bertz CT molecular complexity index is 539. The average Bonchev–Trinajstić information content (AvgIpc) is 3.11. The molecule has 2 aromatic rings. The van der Waals surface area contributed by atoms with Gasteiger partial charge in [-0.2, -0.15) is 0 Å². The van der Waals surface area contributed by atoms with Crippen molar-refractivity contribution in [2.45, 2.75) is 12.8 Å². The average molecular weight is 241 g/mol. The molecule has 1 amide bonds. The first-order chi connectivity index (χ1) is 8.84. The number of nitrogens with zero attached hydrogens (tertiary/aromatic N) is 1. The van der Waals surface area contributed by atoms with Gasteiger partial charge in [-0.05, 0) is 37.1 Å². The molecule has 1 aliphatic heterocycles. The molecular formula is C15H15NO2. The molecule has 1 fully saturated rings. The summed E-state index contributed by atoms with van der Waals surface area (Å²) in [6.07, 6.45) is 3.87. The Hall–Kier alpha value is -2.03. The second-order valence-electron chi connectivity index (χ2n) is 4.56. The van der Waals surface area contributed by atoms with E-state index in [1.165, 1.54) is 0 Å². The topological polar surface area (TPSA) is 33.5 Å². The maximum absolute atomic E-state index is 12.3. The van der Waals surface area contributed by atoms with Crippen molar-refractivity contribution in [1.82, 2.24) is 4.90 Å². The van der Waals surface area contributed by atoms with Crippen LogP contribution in [0.15, 0.2) is 47.1 Å². The fourth-order valence-corrected chi connectivity index (χ4v) is 2.35. The van der Waals surface area contributed by atoms with Crippen LogP contribution in [0.2, 0.25) is 0 Å². The lowest BCUT2D eigenvalue weighted by Crippen LogP contribution is -2.27. The molecule has 92 valence electrons. The van der Waals surface area contributed by atoms with E-state index in [0.717, 1.165) is 42.8 Å². The van der Waals surface area contributed by atoms with E-state index >= 15 is 0 Å². The smallest absolute Gasteiger partial charge is 0.253 e.